The first-order valence-corrected chi connectivity index (χ1v) is 5.37. The summed E-state index contributed by atoms with van der Waals surface area (Å²) < 4.78 is 5.89. The lowest BCUT2D eigenvalue weighted by molar-refractivity contribution is 0.148. The average Bonchev–Trinajstić information content (AvgIpc) is 2.66. The molecule has 4 heteroatoms. The van der Waals surface area contributed by atoms with E-state index in [2.05, 4.69) is 20.9 Å². The van der Waals surface area contributed by atoms with Crippen LogP contribution in [0.1, 0.15) is 17.4 Å². The van der Waals surface area contributed by atoms with Gasteiger partial charge in [0.2, 0.25) is 0 Å². The molecule has 0 aromatic carbocycles. The summed E-state index contributed by atoms with van der Waals surface area (Å²) in [4.78, 5) is 3.99. The normalized spacial score (nSPS) is 12.7. The minimum Gasteiger partial charge on any atom is -0.452 e. The van der Waals surface area contributed by atoms with Crippen molar-refractivity contribution in [3.8, 4) is 0 Å². The average molecular weight is 268 g/mol. The lowest BCUT2D eigenvalue weighted by atomic mass is 10.1. The number of rotatable bonds is 3. The van der Waals surface area contributed by atoms with Gasteiger partial charge in [-0.05, 0) is 39.7 Å². The Morgan fingerprint density at radius 3 is 2.87 bits per heavy atom. The Balaban J connectivity index is 2.07. The van der Waals surface area contributed by atoms with E-state index in [1.807, 2.05) is 12.1 Å². The highest BCUT2D eigenvalue weighted by Gasteiger charge is 2.12. The van der Waals surface area contributed by atoms with Crippen LogP contribution in [-0.2, 0) is 6.42 Å². The zero-order valence-electron chi connectivity index (χ0n) is 7.93. The number of furan rings is 1. The van der Waals surface area contributed by atoms with Crippen LogP contribution in [0.5, 0.6) is 0 Å². The summed E-state index contributed by atoms with van der Waals surface area (Å²) in [6.45, 7) is 0. The highest BCUT2D eigenvalue weighted by atomic mass is 79.9. The lowest BCUT2D eigenvalue weighted by Crippen LogP contribution is -2.00. The highest BCUT2D eigenvalue weighted by Crippen LogP contribution is 2.22. The summed E-state index contributed by atoms with van der Waals surface area (Å²) in [5, 5.41) is 9.84. The molecule has 0 saturated carbocycles. The van der Waals surface area contributed by atoms with E-state index >= 15 is 0 Å². The number of hydrogen-bond donors (Lipinski definition) is 1. The molecule has 1 N–H and O–H groups in total. The topological polar surface area (TPSA) is 46.3 Å². The summed E-state index contributed by atoms with van der Waals surface area (Å²) in [5.41, 5.74) is 0.984. The van der Waals surface area contributed by atoms with Gasteiger partial charge in [-0.3, -0.25) is 4.98 Å². The molecule has 0 amide bonds. The maximum atomic E-state index is 9.84. The van der Waals surface area contributed by atoms with Gasteiger partial charge in [-0.1, -0.05) is 6.07 Å². The second-order valence-corrected chi connectivity index (χ2v) is 4.00. The van der Waals surface area contributed by atoms with Gasteiger partial charge in [0.25, 0.3) is 0 Å². The second kappa shape index (κ2) is 4.59. The molecule has 0 bridgehead atoms. The third kappa shape index (κ3) is 2.67. The predicted octanol–water partition coefficient (Wildman–Crippen LogP) is 2.71. The molecule has 0 fully saturated rings. The van der Waals surface area contributed by atoms with Crippen LogP contribution >= 0.6 is 15.9 Å². The van der Waals surface area contributed by atoms with Crippen molar-refractivity contribution >= 4 is 15.9 Å². The van der Waals surface area contributed by atoms with Gasteiger partial charge in [-0.15, -0.1) is 0 Å². The van der Waals surface area contributed by atoms with E-state index < -0.39 is 6.10 Å². The van der Waals surface area contributed by atoms with Gasteiger partial charge in [0.1, 0.15) is 11.9 Å². The minimum atomic E-state index is -0.625. The number of nitrogens with zero attached hydrogens (tertiary/aromatic N) is 1. The van der Waals surface area contributed by atoms with E-state index in [0.29, 0.717) is 16.9 Å². The molecule has 3 nitrogen and oxygen atoms in total. The van der Waals surface area contributed by atoms with E-state index in [-0.39, 0.29) is 0 Å². The van der Waals surface area contributed by atoms with Crippen molar-refractivity contribution in [2.45, 2.75) is 12.5 Å². The van der Waals surface area contributed by atoms with Crippen LogP contribution in [-0.4, -0.2) is 10.1 Å². The standard InChI is InChI=1S/C11H10BrNO2/c12-11-4-3-10(15-11)9(14)6-8-2-1-5-13-7-8/h1-5,7,9,14H,6H2. The van der Waals surface area contributed by atoms with Crippen molar-refractivity contribution in [2.24, 2.45) is 0 Å². The number of hydrogen-bond acceptors (Lipinski definition) is 3. The molecule has 2 rings (SSSR count). The van der Waals surface area contributed by atoms with Crippen LogP contribution in [0.2, 0.25) is 0 Å². The summed E-state index contributed by atoms with van der Waals surface area (Å²) >= 11 is 3.20. The van der Waals surface area contributed by atoms with E-state index in [9.17, 15) is 5.11 Å². The molecule has 0 saturated heterocycles. The Bertz CT molecular complexity index is 427. The van der Waals surface area contributed by atoms with E-state index in [1.165, 1.54) is 0 Å². The molecule has 78 valence electrons. The Morgan fingerprint density at radius 2 is 2.27 bits per heavy atom. The second-order valence-electron chi connectivity index (χ2n) is 3.22. The van der Waals surface area contributed by atoms with Gasteiger partial charge in [-0.2, -0.15) is 0 Å². The smallest absolute Gasteiger partial charge is 0.169 e. The number of halogens is 1. The first-order valence-electron chi connectivity index (χ1n) is 4.58. The lowest BCUT2D eigenvalue weighted by Gasteiger charge is -2.06. The van der Waals surface area contributed by atoms with Gasteiger partial charge in [0.15, 0.2) is 4.67 Å². The van der Waals surface area contributed by atoms with Crippen molar-refractivity contribution < 1.29 is 9.52 Å². The maximum absolute atomic E-state index is 9.84. The number of pyridine rings is 1. The molecule has 2 aromatic heterocycles. The fourth-order valence-corrected chi connectivity index (χ4v) is 1.67. The monoisotopic (exact) mass is 267 g/mol. The molecule has 0 aliphatic rings. The summed E-state index contributed by atoms with van der Waals surface area (Å²) in [7, 11) is 0. The Hall–Kier alpha value is -1.13. The molecule has 0 spiro atoms. The molecule has 0 radical (unpaired) electrons. The zero-order chi connectivity index (χ0) is 10.7. The van der Waals surface area contributed by atoms with Crippen LogP contribution in [0.4, 0.5) is 0 Å². The molecule has 0 aliphatic carbocycles. The SMILES string of the molecule is OC(Cc1cccnc1)c1ccc(Br)o1. The fraction of sp³-hybridized carbons (Fsp3) is 0.182. The molecule has 15 heavy (non-hydrogen) atoms. The van der Waals surface area contributed by atoms with Crippen molar-refractivity contribution in [3.63, 3.8) is 0 Å². The number of aromatic nitrogens is 1. The van der Waals surface area contributed by atoms with E-state index in [4.69, 9.17) is 4.42 Å². The molecular formula is C11H10BrNO2. The number of aliphatic hydroxyl groups excluding tert-OH is 1. The summed E-state index contributed by atoms with van der Waals surface area (Å²) in [6.07, 6.45) is 3.33. The van der Waals surface area contributed by atoms with Crippen molar-refractivity contribution in [3.05, 3.63) is 52.7 Å². The van der Waals surface area contributed by atoms with Crippen LogP contribution in [0.3, 0.4) is 0 Å². The molecule has 1 atom stereocenters. The Labute approximate surface area is 95.9 Å². The summed E-state index contributed by atoms with van der Waals surface area (Å²) in [5.74, 6) is 0.561. The molecule has 1 unspecified atom stereocenters. The first-order chi connectivity index (χ1) is 7.25. The van der Waals surface area contributed by atoms with Gasteiger partial charge in [0, 0.05) is 18.8 Å². The van der Waals surface area contributed by atoms with Gasteiger partial charge < -0.3 is 9.52 Å². The molecule has 0 aliphatic heterocycles. The van der Waals surface area contributed by atoms with E-state index in [0.717, 1.165) is 5.56 Å². The van der Waals surface area contributed by atoms with Gasteiger partial charge in [-0.25, -0.2) is 0 Å². The predicted molar refractivity (Wildman–Crippen MR) is 59.3 cm³/mol. The molecular weight excluding hydrogens is 258 g/mol. The molecule has 2 heterocycles. The van der Waals surface area contributed by atoms with Crippen LogP contribution in [0.15, 0.2) is 45.7 Å². The third-order valence-corrected chi connectivity index (χ3v) is 2.50. The quantitative estimate of drug-likeness (QED) is 0.930. The van der Waals surface area contributed by atoms with Crippen LogP contribution < -0.4 is 0 Å². The van der Waals surface area contributed by atoms with Crippen molar-refractivity contribution in [1.29, 1.82) is 0 Å². The highest BCUT2D eigenvalue weighted by molar-refractivity contribution is 9.10. The number of aliphatic hydroxyl groups is 1. The first kappa shape index (κ1) is 10.4. The van der Waals surface area contributed by atoms with Crippen LogP contribution in [0, 0.1) is 0 Å². The maximum Gasteiger partial charge on any atom is 0.169 e. The minimum absolute atomic E-state index is 0.508. The van der Waals surface area contributed by atoms with Gasteiger partial charge in [0.05, 0.1) is 0 Å². The zero-order valence-corrected chi connectivity index (χ0v) is 9.52. The third-order valence-electron chi connectivity index (χ3n) is 2.07. The van der Waals surface area contributed by atoms with Crippen molar-refractivity contribution in [1.82, 2.24) is 4.98 Å². The Morgan fingerprint density at radius 1 is 1.40 bits per heavy atom. The Kier molecular flexibility index (Phi) is 3.18. The van der Waals surface area contributed by atoms with E-state index in [1.54, 1.807) is 24.5 Å². The van der Waals surface area contributed by atoms with Crippen molar-refractivity contribution in [2.75, 3.05) is 0 Å². The largest absolute Gasteiger partial charge is 0.452 e. The molecule has 2 aromatic rings. The van der Waals surface area contributed by atoms with Crippen LogP contribution in [0.25, 0.3) is 0 Å². The summed E-state index contributed by atoms with van der Waals surface area (Å²) in [6, 6.07) is 7.29. The van der Waals surface area contributed by atoms with Gasteiger partial charge >= 0.3 is 0 Å². The fourth-order valence-electron chi connectivity index (χ4n) is 1.35.